The van der Waals surface area contributed by atoms with E-state index >= 15 is 0 Å². The SMILES string of the molecule is CCN1c2ccccc2OC[C@H]1CC(=O)O. The highest BCUT2D eigenvalue weighted by atomic mass is 16.5. The van der Waals surface area contributed by atoms with Crippen LogP contribution in [-0.4, -0.2) is 30.3 Å². The number of hydrogen-bond donors (Lipinski definition) is 1. The molecule has 0 saturated heterocycles. The van der Waals surface area contributed by atoms with E-state index in [0.717, 1.165) is 18.0 Å². The molecule has 1 aromatic rings. The molecule has 0 saturated carbocycles. The van der Waals surface area contributed by atoms with Crippen molar-refractivity contribution < 1.29 is 14.6 Å². The van der Waals surface area contributed by atoms with Gasteiger partial charge in [0.25, 0.3) is 0 Å². The van der Waals surface area contributed by atoms with E-state index in [1.807, 2.05) is 31.2 Å². The van der Waals surface area contributed by atoms with E-state index in [4.69, 9.17) is 9.84 Å². The number of para-hydroxylation sites is 2. The quantitative estimate of drug-likeness (QED) is 0.844. The number of hydrogen-bond acceptors (Lipinski definition) is 3. The van der Waals surface area contributed by atoms with Gasteiger partial charge in [0.15, 0.2) is 0 Å². The van der Waals surface area contributed by atoms with Gasteiger partial charge in [-0.25, -0.2) is 0 Å². The average molecular weight is 221 g/mol. The second-order valence-electron chi connectivity index (χ2n) is 3.82. The Bertz CT molecular complexity index is 392. The monoisotopic (exact) mass is 221 g/mol. The Kier molecular flexibility index (Phi) is 2.99. The lowest BCUT2D eigenvalue weighted by Crippen LogP contribution is -2.44. The molecule has 0 aliphatic carbocycles. The van der Waals surface area contributed by atoms with Crippen LogP contribution in [0.4, 0.5) is 5.69 Å². The number of anilines is 1. The molecule has 1 aliphatic heterocycles. The Hall–Kier alpha value is -1.71. The van der Waals surface area contributed by atoms with Crippen LogP contribution in [0.3, 0.4) is 0 Å². The van der Waals surface area contributed by atoms with Crippen LogP contribution in [0, 0.1) is 0 Å². The zero-order valence-corrected chi connectivity index (χ0v) is 9.22. The molecule has 1 N–H and O–H groups in total. The zero-order valence-electron chi connectivity index (χ0n) is 9.22. The molecule has 0 unspecified atom stereocenters. The summed E-state index contributed by atoms with van der Waals surface area (Å²) in [5.74, 6) is 0.0532. The molecule has 0 radical (unpaired) electrons. The second-order valence-corrected chi connectivity index (χ2v) is 3.82. The van der Waals surface area contributed by atoms with Crippen molar-refractivity contribution >= 4 is 11.7 Å². The number of rotatable bonds is 3. The first-order valence-corrected chi connectivity index (χ1v) is 5.42. The van der Waals surface area contributed by atoms with Gasteiger partial charge in [0, 0.05) is 6.54 Å². The lowest BCUT2D eigenvalue weighted by atomic mass is 10.1. The first-order chi connectivity index (χ1) is 7.72. The van der Waals surface area contributed by atoms with Gasteiger partial charge in [0.05, 0.1) is 18.2 Å². The summed E-state index contributed by atoms with van der Waals surface area (Å²) in [5.41, 5.74) is 0.988. The molecule has 86 valence electrons. The van der Waals surface area contributed by atoms with Crippen LogP contribution in [-0.2, 0) is 4.79 Å². The highest BCUT2D eigenvalue weighted by Crippen LogP contribution is 2.33. The van der Waals surface area contributed by atoms with E-state index in [9.17, 15) is 4.79 Å². The lowest BCUT2D eigenvalue weighted by Gasteiger charge is -2.37. The van der Waals surface area contributed by atoms with Crippen LogP contribution in [0.2, 0.25) is 0 Å². The maximum atomic E-state index is 10.8. The Balaban J connectivity index is 2.26. The summed E-state index contributed by atoms with van der Waals surface area (Å²) in [6.45, 7) is 3.26. The summed E-state index contributed by atoms with van der Waals surface area (Å²) < 4.78 is 5.56. The van der Waals surface area contributed by atoms with E-state index in [1.54, 1.807) is 0 Å². The fourth-order valence-corrected chi connectivity index (χ4v) is 2.09. The molecular formula is C12H15NO3. The van der Waals surface area contributed by atoms with Crippen LogP contribution >= 0.6 is 0 Å². The Morgan fingerprint density at radius 2 is 2.31 bits per heavy atom. The van der Waals surface area contributed by atoms with E-state index < -0.39 is 5.97 Å². The summed E-state index contributed by atoms with van der Waals surface area (Å²) in [7, 11) is 0. The summed E-state index contributed by atoms with van der Waals surface area (Å²) >= 11 is 0. The number of nitrogens with zero attached hydrogens (tertiary/aromatic N) is 1. The number of fused-ring (bicyclic) bond motifs is 1. The van der Waals surface area contributed by atoms with Gasteiger partial charge in [-0.15, -0.1) is 0 Å². The minimum absolute atomic E-state index is 0.0719. The molecule has 0 fully saturated rings. The minimum Gasteiger partial charge on any atom is -0.489 e. The molecule has 1 aliphatic rings. The highest BCUT2D eigenvalue weighted by molar-refractivity contribution is 5.70. The van der Waals surface area contributed by atoms with Crippen molar-refractivity contribution in [2.75, 3.05) is 18.1 Å². The number of likely N-dealkylation sites (N-methyl/N-ethyl adjacent to an activating group) is 1. The van der Waals surface area contributed by atoms with Gasteiger partial charge in [0.1, 0.15) is 12.4 Å². The molecule has 0 aromatic heterocycles. The lowest BCUT2D eigenvalue weighted by molar-refractivity contribution is -0.137. The molecule has 16 heavy (non-hydrogen) atoms. The first kappa shape index (κ1) is 10.8. The fraction of sp³-hybridized carbons (Fsp3) is 0.417. The van der Waals surface area contributed by atoms with E-state index in [0.29, 0.717) is 6.61 Å². The Labute approximate surface area is 94.4 Å². The van der Waals surface area contributed by atoms with Crippen molar-refractivity contribution in [3.8, 4) is 5.75 Å². The molecule has 0 bridgehead atoms. The third-order valence-corrected chi connectivity index (χ3v) is 2.80. The maximum absolute atomic E-state index is 10.8. The summed E-state index contributed by atoms with van der Waals surface area (Å²) in [5, 5.41) is 8.84. The number of benzene rings is 1. The normalized spacial score (nSPS) is 18.8. The third kappa shape index (κ3) is 1.96. The van der Waals surface area contributed by atoms with E-state index in [-0.39, 0.29) is 12.5 Å². The van der Waals surface area contributed by atoms with Gasteiger partial charge in [-0.05, 0) is 19.1 Å². The van der Waals surface area contributed by atoms with Crippen LogP contribution in [0.5, 0.6) is 5.75 Å². The number of ether oxygens (including phenoxy) is 1. The molecule has 4 heteroatoms. The standard InChI is InChI=1S/C12H15NO3/c1-2-13-9(7-12(14)15)8-16-11-6-4-3-5-10(11)13/h3-6,9H,2,7-8H2,1H3,(H,14,15)/t9-/m1/s1. The van der Waals surface area contributed by atoms with Crippen LogP contribution in [0.15, 0.2) is 24.3 Å². The van der Waals surface area contributed by atoms with Gasteiger partial charge in [0.2, 0.25) is 0 Å². The third-order valence-electron chi connectivity index (χ3n) is 2.80. The van der Waals surface area contributed by atoms with Gasteiger partial charge >= 0.3 is 5.97 Å². The molecule has 1 atom stereocenters. The van der Waals surface area contributed by atoms with E-state index in [2.05, 4.69) is 4.90 Å². The smallest absolute Gasteiger partial charge is 0.305 e. The van der Waals surface area contributed by atoms with Gasteiger partial charge in [-0.3, -0.25) is 4.79 Å². The van der Waals surface area contributed by atoms with Gasteiger partial charge < -0.3 is 14.7 Å². The summed E-state index contributed by atoms with van der Waals surface area (Å²) in [4.78, 5) is 12.8. The molecule has 2 rings (SSSR count). The maximum Gasteiger partial charge on any atom is 0.305 e. The first-order valence-electron chi connectivity index (χ1n) is 5.42. The number of carboxylic acids is 1. The van der Waals surface area contributed by atoms with Crippen LogP contribution in [0.1, 0.15) is 13.3 Å². The van der Waals surface area contributed by atoms with Crippen molar-refractivity contribution in [1.29, 1.82) is 0 Å². The van der Waals surface area contributed by atoms with Gasteiger partial charge in [-0.2, -0.15) is 0 Å². The van der Waals surface area contributed by atoms with Crippen molar-refractivity contribution in [2.24, 2.45) is 0 Å². The van der Waals surface area contributed by atoms with Crippen LogP contribution in [0.25, 0.3) is 0 Å². The van der Waals surface area contributed by atoms with E-state index in [1.165, 1.54) is 0 Å². The number of carbonyl (C=O) groups is 1. The molecule has 4 nitrogen and oxygen atoms in total. The predicted octanol–water partition coefficient (Wildman–Crippen LogP) is 1.75. The van der Waals surface area contributed by atoms with Gasteiger partial charge in [-0.1, -0.05) is 12.1 Å². The van der Waals surface area contributed by atoms with Crippen molar-refractivity contribution in [2.45, 2.75) is 19.4 Å². The van der Waals surface area contributed by atoms with Crippen molar-refractivity contribution in [3.05, 3.63) is 24.3 Å². The topological polar surface area (TPSA) is 49.8 Å². The van der Waals surface area contributed by atoms with Crippen molar-refractivity contribution in [1.82, 2.24) is 0 Å². The fourth-order valence-electron chi connectivity index (χ4n) is 2.09. The van der Waals surface area contributed by atoms with Crippen molar-refractivity contribution in [3.63, 3.8) is 0 Å². The second kappa shape index (κ2) is 4.43. The average Bonchev–Trinajstić information content (AvgIpc) is 2.28. The molecular weight excluding hydrogens is 206 g/mol. The highest BCUT2D eigenvalue weighted by Gasteiger charge is 2.27. The Morgan fingerprint density at radius 1 is 1.56 bits per heavy atom. The largest absolute Gasteiger partial charge is 0.489 e. The molecule has 1 aromatic carbocycles. The summed E-state index contributed by atoms with van der Waals surface area (Å²) in [6, 6.07) is 7.66. The minimum atomic E-state index is -0.786. The predicted molar refractivity (Wildman–Crippen MR) is 61.0 cm³/mol. The number of carboxylic acid groups (broad SMARTS) is 1. The summed E-state index contributed by atoms with van der Waals surface area (Å²) in [6.07, 6.45) is 0.113. The number of aliphatic carboxylic acids is 1. The zero-order chi connectivity index (χ0) is 11.5. The molecule has 0 amide bonds. The van der Waals surface area contributed by atoms with Crippen LogP contribution < -0.4 is 9.64 Å². The molecule has 1 heterocycles. The Morgan fingerprint density at radius 3 is 3.00 bits per heavy atom. The molecule has 0 spiro atoms.